The molecule has 0 saturated carbocycles. The van der Waals surface area contributed by atoms with Gasteiger partial charge in [0.25, 0.3) is 0 Å². The Morgan fingerprint density at radius 2 is 2.17 bits per heavy atom. The maximum Gasteiger partial charge on any atom is 0.212 e. The Kier molecular flexibility index (Phi) is 3.67. The van der Waals surface area contributed by atoms with Gasteiger partial charge in [0.15, 0.2) is 0 Å². The average molecular weight is 243 g/mol. The number of methoxy groups -OCH3 is 1. The van der Waals surface area contributed by atoms with Gasteiger partial charge in [-0.2, -0.15) is 0 Å². The molecule has 18 heavy (non-hydrogen) atoms. The van der Waals surface area contributed by atoms with Gasteiger partial charge in [-0.15, -0.1) is 0 Å². The first-order valence-electron chi connectivity index (χ1n) is 5.79. The number of rotatable bonds is 3. The van der Waals surface area contributed by atoms with Crippen molar-refractivity contribution in [3.05, 3.63) is 47.5 Å². The fraction of sp³-hybridized carbons (Fsp3) is 0.214. The Balaban J connectivity index is 2.19. The number of nitrogen functional groups attached to an aromatic ring is 1. The van der Waals surface area contributed by atoms with Crippen LogP contribution in [-0.2, 0) is 4.74 Å². The molecular formula is C14H17N3O. The highest BCUT2D eigenvalue weighted by Gasteiger charge is 2.04. The fourth-order valence-corrected chi connectivity index (χ4v) is 1.68. The maximum atomic E-state index is 5.94. The van der Waals surface area contributed by atoms with E-state index in [-0.39, 0.29) is 0 Å². The van der Waals surface area contributed by atoms with Gasteiger partial charge in [-0.3, -0.25) is 0 Å². The van der Waals surface area contributed by atoms with Crippen LogP contribution in [0.2, 0.25) is 0 Å². The van der Waals surface area contributed by atoms with Crippen LogP contribution in [0.3, 0.4) is 0 Å². The Labute approximate surface area is 107 Å². The zero-order valence-corrected chi connectivity index (χ0v) is 10.6. The minimum atomic E-state index is 0.601. The molecule has 0 unspecified atom stereocenters. The quantitative estimate of drug-likeness (QED) is 0.802. The van der Waals surface area contributed by atoms with Gasteiger partial charge in [0.1, 0.15) is 0 Å². The molecular weight excluding hydrogens is 226 g/mol. The van der Waals surface area contributed by atoms with E-state index in [0.29, 0.717) is 5.88 Å². The van der Waals surface area contributed by atoms with Crippen molar-refractivity contribution >= 4 is 17.6 Å². The third kappa shape index (κ3) is 2.91. The van der Waals surface area contributed by atoms with E-state index in [1.54, 1.807) is 7.11 Å². The molecule has 0 aromatic heterocycles. The second-order valence-electron chi connectivity index (χ2n) is 4.13. The van der Waals surface area contributed by atoms with Crippen molar-refractivity contribution in [1.82, 2.24) is 0 Å². The molecule has 0 atom stereocenters. The van der Waals surface area contributed by atoms with Gasteiger partial charge in [-0.25, -0.2) is 4.99 Å². The summed E-state index contributed by atoms with van der Waals surface area (Å²) >= 11 is 0. The van der Waals surface area contributed by atoms with Crippen molar-refractivity contribution in [2.75, 3.05) is 18.2 Å². The highest BCUT2D eigenvalue weighted by atomic mass is 16.5. The van der Waals surface area contributed by atoms with Crippen molar-refractivity contribution in [3.63, 3.8) is 0 Å². The Bertz CT molecular complexity index is 530. The molecule has 3 N–H and O–H groups in total. The van der Waals surface area contributed by atoms with Crippen molar-refractivity contribution in [2.24, 2.45) is 4.99 Å². The number of benzene rings is 1. The first-order valence-corrected chi connectivity index (χ1v) is 5.79. The summed E-state index contributed by atoms with van der Waals surface area (Å²) < 4.78 is 5.08. The van der Waals surface area contributed by atoms with Crippen LogP contribution in [-0.4, -0.2) is 13.3 Å². The number of anilines is 2. The molecule has 0 fully saturated rings. The van der Waals surface area contributed by atoms with Crippen molar-refractivity contribution in [2.45, 2.75) is 13.3 Å². The minimum Gasteiger partial charge on any atom is -0.481 e. The van der Waals surface area contributed by atoms with E-state index in [1.807, 2.05) is 43.5 Å². The summed E-state index contributed by atoms with van der Waals surface area (Å²) in [5.74, 6) is 0.601. The molecule has 1 heterocycles. The third-order valence-electron chi connectivity index (χ3n) is 2.67. The number of allylic oxidation sites excluding steroid dienone is 3. The van der Waals surface area contributed by atoms with Crippen LogP contribution in [0.1, 0.15) is 12.0 Å². The highest BCUT2D eigenvalue weighted by molar-refractivity contribution is 5.72. The summed E-state index contributed by atoms with van der Waals surface area (Å²) in [5, 5.41) is 3.32. The van der Waals surface area contributed by atoms with E-state index in [1.165, 1.54) is 5.56 Å². The molecule has 0 aliphatic carbocycles. The lowest BCUT2D eigenvalue weighted by molar-refractivity contribution is 0.289. The molecule has 0 bridgehead atoms. The number of nitrogens with two attached hydrogens (primary N) is 1. The van der Waals surface area contributed by atoms with Gasteiger partial charge in [0.05, 0.1) is 18.5 Å². The van der Waals surface area contributed by atoms with Crippen LogP contribution in [0.25, 0.3) is 0 Å². The molecule has 4 heteroatoms. The molecule has 1 aliphatic heterocycles. The predicted octanol–water partition coefficient (Wildman–Crippen LogP) is 2.84. The zero-order chi connectivity index (χ0) is 13.0. The van der Waals surface area contributed by atoms with Crippen LogP contribution in [0.4, 0.5) is 11.4 Å². The van der Waals surface area contributed by atoms with E-state index in [0.717, 1.165) is 23.5 Å². The van der Waals surface area contributed by atoms with Crippen LogP contribution < -0.4 is 11.1 Å². The molecule has 0 radical (unpaired) electrons. The minimum absolute atomic E-state index is 0.601. The Morgan fingerprint density at radius 1 is 1.33 bits per heavy atom. The molecule has 0 spiro atoms. The van der Waals surface area contributed by atoms with E-state index >= 15 is 0 Å². The van der Waals surface area contributed by atoms with Crippen LogP contribution in [0, 0.1) is 6.92 Å². The van der Waals surface area contributed by atoms with E-state index in [2.05, 4.69) is 10.3 Å². The largest absolute Gasteiger partial charge is 0.481 e. The van der Waals surface area contributed by atoms with E-state index in [9.17, 15) is 0 Å². The summed E-state index contributed by atoms with van der Waals surface area (Å²) in [7, 11) is 1.61. The first-order chi connectivity index (χ1) is 8.69. The number of aryl methyl sites for hydroxylation is 1. The molecule has 2 rings (SSSR count). The lowest BCUT2D eigenvalue weighted by Crippen LogP contribution is -2.03. The van der Waals surface area contributed by atoms with Crippen LogP contribution >= 0.6 is 0 Å². The first kappa shape index (κ1) is 12.2. The number of nitrogens with zero attached hydrogens (tertiary/aromatic N) is 1. The normalized spacial score (nSPS) is 14.6. The summed E-state index contributed by atoms with van der Waals surface area (Å²) in [6.45, 7) is 2.04. The monoisotopic (exact) mass is 243 g/mol. The molecule has 1 aromatic rings. The maximum absolute atomic E-state index is 5.94. The fourth-order valence-electron chi connectivity index (χ4n) is 1.68. The Morgan fingerprint density at radius 3 is 2.94 bits per heavy atom. The standard InChI is InChI=1S/C14H17N3O/c1-10-3-5-12(15)13(9-10)17-11-4-6-14(18-2)16-8-7-11/h3-6,8-9,17H,7,15H2,1-2H3. The number of hydrogen-bond donors (Lipinski definition) is 2. The van der Waals surface area contributed by atoms with Crippen molar-refractivity contribution in [1.29, 1.82) is 0 Å². The Hall–Kier alpha value is -2.23. The number of aliphatic imine (C=N–C) groups is 1. The molecule has 0 amide bonds. The van der Waals surface area contributed by atoms with Crippen molar-refractivity contribution in [3.8, 4) is 0 Å². The smallest absolute Gasteiger partial charge is 0.212 e. The van der Waals surface area contributed by atoms with E-state index < -0.39 is 0 Å². The van der Waals surface area contributed by atoms with Crippen molar-refractivity contribution < 1.29 is 4.74 Å². The second-order valence-corrected chi connectivity index (χ2v) is 4.13. The molecule has 4 nitrogen and oxygen atoms in total. The summed E-state index contributed by atoms with van der Waals surface area (Å²) in [6.07, 6.45) is 6.31. The van der Waals surface area contributed by atoms with Crippen LogP contribution in [0.15, 0.2) is 46.9 Å². The number of ether oxygens (including phenoxy) is 1. The van der Waals surface area contributed by atoms with E-state index in [4.69, 9.17) is 10.5 Å². The second kappa shape index (κ2) is 5.40. The number of hydrogen-bond acceptors (Lipinski definition) is 4. The average Bonchev–Trinajstić information content (AvgIpc) is 2.59. The molecule has 1 aliphatic rings. The molecule has 94 valence electrons. The zero-order valence-electron chi connectivity index (χ0n) is 10.6. The van der Waals surface area contributed by atoms with Gasteiger partial charge in [0, 0.05) is 24.4 Å². The molecule has 1 aromatic carbocycles. The van der Waals surface area contributed by atoms with Gasteiger partial charge in [-0.1, -0.05) is 6.07 Å². The summed E-state index contributed by atoms with van der Waals surface area (Å²) in [4.78, 5) is 4.16. The van der Waals surface area contributed by atoms with Crippen LogP contribution in [0.5, 0.6) is 0 Å². The topological polar surface area (TPSA) is 59.6 Å². The lowest BCUT2D eigenvalue weighted by Gasteiger charge is -2.11. The lowest BCUT2D eigenvalue weighted by atomic mass is 10.2. The molecule has 0 saturated heterocycles. The van der Waals surface area contributed by atoms with Gasteiger partial charge in [0.2, 0.25) is 5.88 Å². The predicted molar refractivity (Wildman–Crippen MR) is 75.5 cm³/mol. The summed E-state index contributed by atoms with van der Waals surface area (Å²) in [5.41, 5.74) is 9.79. The highest BCUT2D eigenvalue weighted by Crippen LogP contribution is 2.22. The van der Waals surface area contributed by atoms with Gasteiger partial charge < -0.3 is 15.8 Å². The van der Waals surface area contributed by atoms with Gasteiger partial charge >= 0.3 is 0 Å². The van der Waals surface area contributed by atoms with Gasteiger partial charge in [-0.05, 0) is 30.7 Å². The SMILES string of the molecule is COC1=CC=C(Nc2cc(C)ccc2N)CC=N1. The number of nitrogens with one attached hydrogen (secondary N) is 1. The summed E-state index contributed by atoms with van der Waals surface area (Å²) in [6, 6.07) is 5.92. The third-order valence-corrected chi connectivity index (χ3v) is 2.67.